The SMILES string of the molecule is Cc1nc2c(cnn2C(C)C)c(C)c1CCC(=O)N1C[C@@H](C(=O)N2CCCCC2)Oc2ccccc21. The van der Waals surface area contributed by atoms with E-state index < -0.39 is 6.10 Å². The molecule has 2 aliphatic heterocycles. The zero-order chi connectivity index (χ0) is 25.4. The molecule has 1 saturated heterocycles. The third-order valence-corrected chi connectivity index (χ3v) is 7.43. The number of fused-ring (bicyclic) bond motifs is 2. The molecule has 5 rings (SSSR count). The summed E-state index contributed by atoms with van der Waals surface area (Å²) < 4.78 is 8.03. The molecule has 1 fully saturated rings. The molecule has 0 radical (unpaired) electrons. The quantitative estimate of drug-likeness (QED) is 0.532. The number of pyridine rings is 1. The molecule has 190 valence electrons. The molecule has 0 N–H and O–H groups in total. The lowest BCUT2D eigenvalue weighted by atomic mass is 9.99. The molecule has 4 heterocycles. The maximum atomic E-state index is 13.6. The number of aromatic nitrogens is 3. The van der Waals surface area contributed by atoms with Gasteiger partial charge in [0.15, 0.2) is 11.8 Å². The summed E-state index contributed by atoms with van der Waals surface area (Å²) in [6, 6.07) is 7.72. The van der Waals surface area contributed by atoms with Gasteiger partial charge in [0.1, 0.15) is 5.75 Å². The van der Waals surface area contributed by atoms with Gasteiger partial charge in [0, 0.05) is 36.6 Å². The molecule has 2 aliphatic rings. The molecule has 1 aromatic carbocycles. The van der Waals surface area contributed by atoms with Crippen molar-refractivity contribution in [1.82, 2.24) is 19.7 Å². The van der Waals surface area contributed by atoms with Gasteiger partial charge in [0.2, 0.25) is 5.91 Å². The third kappa shape index (κ3) is 4.45. The fourth-order valence-electron chi connectivity index (χ4n) is 5.42. The highest BCUT2D eigenvalue weighted by Crippen LogP contribution is 2.34. The van der Waals surface area contributed by atoms with Crippen molar-refractivity contribution >= 4 is 28.5 Å². The summed E-state index contributed by atoms with van der Waals surface area (Å²) >= 11 is 0. The van der Waals surface area contributed by atoms with Crippen molar-refractivity contribution in [1.29, 1.82) is 0 Å². The van der Waals surface area contributed by atoms with E-state index in [9.17, 15) is 9.59 Å². The maximum absolute atomic E-state index is 13.6. The normalized spacial score (nSPS) is 17.9. The molecule has 0 bridgehead atoms. The van der Waals surface area contributed by atoms with E-state index in [1.807, 2.05) is 47.0 Å². The number of amides is 2. The highest BCUT2D eigenvalue weighted by molar-refractivity contribution is 5.97. The number of aryl methyl sites for hydroxylation is 2. The molecule has 0 saturated carbocycles. The van der Waals surface area contributed by atoms with Gasteiger partial charge in [-0.2, -0.15) is 5.10 Å². The van der Waals surface area contributed by atoms with E-state index in [1.165, 1.54) is 0 Å². The summed E-state index contributed by atoms with van der Waals surface area (Å²) in [5.41, 5.74) is 4.75. The number of hydrogen-bond donors (Lipinski definition) is 0. The van der Waals surface area contributed by atoms with E-state index in [0.717, 1.165) is 65.9 Å². The van der Waals surface area contributed by atoms with E-state index in [4.69, 9.17) is 9.72 Å². The molecule has 1 atom stereocenters. The standard InChI is InChI=1S/C28H35N5O3/c1-18(2)33-27-22(16-29-33)19(3)21(20(4)30-27)12-13-26(34)32-17-25(28(35)31-14-8-5-9-15-31)36-24-11-7-6-10-23(24)32/h6-7,10-11,16,18,25H,5,8-9,12-15,17H2,1-4H3/t25-/m0/s1. The lowest BCUT2D eigenvalue weighted by Crippen LogP contribution is -2.52. The Morgan fingerprint density at radius 2 is 1.86 bits per heavy atom. The molecule has 8 heteroatoms. The Kier molecular flexibility index (Phi) is 6.69. The minimum Gasteiger partial charge on any atom is -0.476 e. The highest BCUT2D eigenvalue weighted by Gasteiger charge is 2.36. The first-order valence-electron chi connectivity index (χ1n) is 13.0. The van der Waals surface area contributed by atoms with E-state index in [0.29, 0.717) is 18.6 Å². The highest BCUT2D eigenvalue weighted by atomic mass is 16.5. The number of piperidine rings is 1. The Balaban J connectivity index is 1.36. The first kappa shape index (κ1) is 24.3. The molecule has 3 aromatic rings. The Morgan fingerprint density at radius 1 is 1.11 bits per heavy atom. The zero-order valence-corrected chi connectivity index (χ0v) is 21.7. The van der Waals surface area contributed by atoms with Gasteiger partial charge in [-0.3, -0.25) is 9.59 Å². The Hall–Kier alpha value is -3.42. The first-order valence-corrected chi connectivity index (χ1v) is 13.0. The second kappa shape index (κ2) is 9.91. The molecule has 36 heavy (non-hydrogen) atoms. The van der Waals surface area contributed by atoms with Crippen LogP contribution < -0.4 is 9.64 Å². The van der Waals surface area contributed by atoms with Crippen LogP contribution in [0.2, 0.25) is 0 Å². The maximum Gasteiger partial charge on any atom is 0.265 e. The van der Waals surface area contributed by atoms with Gasteiger partial charge in [-0.15, -0.1) is 0 Å². The molecule has 0 unspecified atom stereocenters. The molecular weight excluding hydrogens is 454 g/mol. The Bertz CT molecular complexity index is 1290. The average molecular weight is 490 g/mol. The number of carbonyl (C=O) groups excluding carboxylic acids is 2. The van der Waals surface area contributed by atoms with Crippen LogP contribution in [0.4, 0.5) is 5.69 Å². The van der Waals surface area contributed by atoms with Gasteiger partial charge in [-0.05, 0) is 76.6 Å². The molecule has 2 aromatic heterocycles. The topological polar surface area (TPSA) is 80.6 Å². The number of para-hydroxylation sites is 2. The number of benzene rings is 1. The van der Waals surface area contributed by atoms with Crippen LogP contribution in [-0.4, -0.2) is 57.2 Å². The molecule has 0 aliphatic carbocycles. The molecule has 8 nitrogen and oxygen atoms in total. The Morgan fingerprint density at radius 3 is 2.61 bits per heavy atom. The predicted octanol–water partition coefficient (Wildman–Crippen LogP) is 4.37. The van der Waals surface area contributed by atoms with Crippen LogP contribution in [0, 0.1) is 13.8 Å². The van der Waals surface area contributed by atoms with Gasteiger partial charge in [0.25, 0.3) is 5.91 Å². The van der Waals surface area contributed by atoms with Crippen LogP contribution in [0.25, 0.3) is 11.0 Å². The largest absolute Gasteiger partial charge is 0.476 e. The molecule has 0 spiro atoms. The number of nitrogens with zero attached hydrogens (tertiary/aromatic N) is 5. The molecular formula is C28H35N5O3. The number of carbonyl (C=O) groups is 2. The van der Waals surface area contributed by atoms with Crippen LogP contribution >= 0.6 is 0 Å². The van der Waals surface area contributed by atoms with E-state index in [-0.39, 0.29) is 24.4 Å². The third-order valence-electron chi connectivity index (χ3n) is 7.43. The zero-order valence-electron chi connectivity index (χ0n) is 21.7. The van der Waals surface area contributed by atoms with Crippen molar-refractivity contribution < 1.29 is 14.3 Å². The van der Waals surface area contributed by atoms with Gasteiger partial charge in [-0.1, -0.05) is 12.1 Å². The second-order valence-corrected chi connectivity index (χ2v) is 10.2. The second-order valence-electron chi connectivity index (χ2n) is 10.2. The van der Waals surface area contributed by atoms with Crippen molar-refractivity contribution in [3.63, 3.8) is 0 Å². The van der Waals surface area contributed by atoms with Gasteiger partial charge < -0.3 is 14.5 Å². The molecule has 2 amide bonds. The summed E-state index contributed by atoms with van der Waals surface area (Å²) in [6.45, 7) is 10.0. The fraction of sp³-hybridized carbons (Fsp3) is 0.500. The number of ether oxygens (including phenoxy) is 1. The predicted molar refractivity (Wildman–Crippen MR) is 139 cm³/mol. The van der Waals surface area contributed by atoms with Crippen molar-refractivity contribution in [2.24, 2.45) is 0 Å². The average Bonchev–Trinajstić information content (AvgIpc) is 3.32. The van der Waals surface area contributed by atoms with Gasteiger partial charge in [0.05, 0.1) is 18.4 Å². The van der Waals surface area contributed by atoms with Crippen LogP contribution in [0.5, 0.6) is 5.75 Å². The van der Waals surface area contributed by atoms with Crippen LogP contribution in [0.15, 0.2) is 30.5 Å². The van der Waals surface area contributed by atoms with E-state index in [1.54, 1.807) is 4.90 Å². The van der Waals surface area contributed by atoms with Crippen molar-refractivity contribution in [2.75, 3.05) is 24.5 Å². The lowest BCUT2D eigenvalue weighted by Gasteiger charge is -2.37. The van der Waals surface area contributed by atoms with Crippen molar-refractivity contribution in [3.05, 3.63) is 47.3 Å². The Labute approximate surface area is 212 Å². The van der Waals surface area contributed by atoms with Gasteiger partial charge >= 0.3 is 0 Å². The van der Waals surface area contributed by atoms with Crippen molar-refractivity contribution in [2.45, 2.75) is 71.9 Å². The summed E-state index contributed by atoms with van der Waals surface area (Å²) in [7, 11) is 0. The number of anilines is 1. The van der Waals surface area contributed by atoms with Gasteiger partial charge in [-0.25, -0.2) is 9.67 Å². The summed E-state index contributed by atoms with van der Waals surface area (Å²) in [5, 5.41) is 5.55. The first-order chi connectivity index (χ1) is 17.3. The van der Waals surface area contributed by atoms with Crippen LogP contribution in [-0.2, 0) is 16.0 Å². The smallest absolute Gasteiger partial charge is 0.265 e. The lowest BCUT2D eigenvalue weighted by molar-refractivity contribution is -0.139. The minimum atomic E-state index is -0.676. The summed E-state index contributed by atoms with van der Waals surface area (Å²) in [5.74, 6) is 0.550. The fourth-order valence-corrected chi connectivity index (χ4v) is 5.42. The van der Waals surface area contributed by atoms with Crippen LogP contribution in [0.3, 0.4) is 0 Å². The number of hydrogen-bond acceptors (Lipinski definition) is 5. The van der Waals surface area contributed by atoms with Crippen molar-refractivity contribution in [3.8, 4) is 5.75 Å². The minimum absolute atomic E-state index is 0.0148. The summed E-state index contributed by atoms with van der Waals surface area (Å²) in [6.07, 6.45) is 5.29. The van der Waals surface area contributed by atoms with E-state index in [2.05, 4.69) is 25.9 Å². The summed E-state index contributed by atoms with van der Waals surface area (Å²) in [4.78, 5) is 35.2. The number of likely N-dealkylation sites (tertiary alicyclic amines) is 1. The monoisotopic (exact) mass is 489 g/mol. The number of rotatable bonds is 5. The van der Waals surface area contributed by atoms with Crippen LogP contribution in [0.1, 0.15) is 62.4 Å². The van der Waals surface area contributed by atoms with E-state index >= 15 is 0 Å².